The number of likely N-dealkylation sites (N-methyl/N-ethyl adjacent to an activating group) is 1. The molecule has 0 bridgehead atoms. The monoisotopic (exact) mass is 289 g/mol. The Kier molecular flexibility index (Phi) is 6.83. The zero-order valence-corrected chi connectivity index (χ0v) is 13.8. The molecule has 1 rings (SSSR count). The van der Waals surface area contributed by atoms with E-state index in [0.29, 0.717) is 13.2 Å². The Bertz CT molecular complexity index is 455. The molecule has 0 amide bonds. The molecule has 1 aromatic rings. The van der Waals surface area contributed by atoms with E-state index in [4.69, 9.17) is 4.74 Å². The third-order valence-corrected chi connectivity index (χ3v) is 3.64. The lowest BCUT2D eigenvalue weighted by atomic mass is 9.89. The molecule has 0 radical (unpaired) electrons. The maximum Gasteiger partial charge on any atom is 0.145 e. The number of hydrogen-bond acceptors (Lipinski definition) is 4. The number of benzene rings is 1. The molecule has 1 aromatic carbocycles. The van der Waals surface area contributed by atoms with Crippen LogP contribution in [0, 0.1) is 11.3 Å². The van der Waals surface area contributed by atoms with Crippen molar-refractivity contribution >= 4 is 0 Å². The van der Waals surface area contributed by atoms with Gasteiger partial charge in [-0.15, -0.1) is 0 Å². The molecule has 2 atom stereocenters. The minimum atomic E-state index is -0.716. The molecule has 116 valence electrons. The summed E-state index contributed by atoms with van der Waals surface area (Å²) in [6.07, 6.45) is 0. The van der Waals surface area contributed by atoms with E-state index in [9.17, 15) is 5.26 Å². The Balaban J connectivity index is 3.05. The highest BCUT2D eigenvalue weighted by Crippen LogP contribution is 2.23. The molecule has 4 heteroatoms. The standard InChI is InChI=1S/C17H27N3O/c1-14(2)19-17(12-18,16-9-7-6-8-10-16)13-20(4)15(3)11-21-5/h6-10,14-15,19H,11,13H2,1-5H3. The highest BCUT2D eigenvalue weighted by Gasteiger charge is 2.35. The van der Waals surface area contributed by atoms with E-state index in [1.807, 2.05) is 37.4 Å². The molecule has 0 aromatic heterocycles. The summed E-state index contributed by atoms with van der Waals surface area (Å²) >= 11 is 0. The minimum absolute atomic E-state index is 0.219. The predicted octanol–water partition coefficient (Wildman–Crippen LogP) is 2.37. The minimum Gasteiger partial charge on any atom is -0.383 e. The topological polar surface area (TPSA) is 48.3 Å². The number of hydrogen-bond donors (Lipinski definition) is 1. The largest absolute Gasteiger partial charge is 0.383 e. The van der Waals surface area contributed by atoms with Crippen LogP contribution in [0.2, 0.25) is 0 Å². The Morgan fingerprint density at radius 2 is 1.90 bits per heavy atom. The molecular weight excluding hydrogens is 262 g/mol. The number of nitrogens with one attached hydrogen (secondary N) is 1. The summed E-state index contributed by atoms with van der Waals surface area (Å²) in [5, 5.41) is 13.3. The van der Waals surface area contributed by atoms with Crippen LogP contribution in [-0.2, 0) is 10.3 Å². The second kappa shape index (κ2) is 8.14. The number of methoxy groups -OCH3 is 1. The summed E-state index contributed by atoms with van der Waals surface area (Å²) in [5.74, 6) is 0. The van der Waals surface area contributed by atoms with E-state index in [1.165, 1.54) is 0 Å². The first-order chi connectivity index (χ1) is 9.95. The fourth-order valence-corrected chi connectivity index (χ4v) is 2.47. The third-order valence-electron chi connectivity index (χ3n) is 3.64. The van der Waals surface area contributed by atoms with E-state index < -0.39 is 5.54 Å². The first kappa shape index (κ1) is 17.6. The van der Waals surface area contributed by atoms with Crippen molar-refractivity contribution in [1.82, 2.24) is 10.2 Å². The van der Waals surface area contributed by atoms with Crippen molar-refractivity contribution in [1.29, 1.82) is 5.26 Å². The van der Waals surface area contributed by atoms with Crippen LogP contribution in [0.3, 0.4) is 0 Å². The normalized spacial score (nSPS) is 15.7. The van der Waals surface area contributed by atoms with Crippen LogP contribution in [0.5, 0.6) is 0 Å². The highest BCUT2D eigenvalue weighted by molar-refractivity contribution is 5.32. The first-order valence-corrected chi connectivity index (χ1v) is 7.39. The van der Waals surface area contributed by atoms with Crippen molar-refractivity contribution in [3.8, 4) is 6.07 Å². The van der Waals surface area contributed by atoms with E-state index in [0.717, 1.165) is 5.56 Å². The lowest BCUT2D eigenvalue weighted by molar-refractivity contribution is 0.100. The van der Waals surface area contributed by atoms with Gasteiger partial charge in [0, 0.05) is 25.7 Å². The molecule has 0 fully saturated rings. The van der Waals surface area contributed by atoms with Crippen LogP contribution in [0.15, 0.2) is 30.3 Å². The average Bonchev–Trinajstić information content (AvgIpc) is 2.47. The summed E-state index contributed by atoms with van der Waals surface area (Å²) in [4.78, 5) is 2.16. The van der Waals surface area contributed by atoms with Crippen molar-refractivity contribution in [2.45, 2.75) is 38.4 Å². The Hall–Kier alpha value is -1.41. The van der Waals surface area contributed by atoms with E-state index in [1.54, 1.807) is 7.11 Å². The van der Waals surface area contributed by atoms with Crippen LogP contribution in [0.1, 0.15) is 26.3 Å². The van der Waals surface area contributed by atoms with Crippen LogP contribution in [0.4, 0.5) is 0 Å². The molecule has 0 aliphatic heterocycles. The zero-order valence-electron chi connectivity index (χ0n) is 13.8. The Labute approximate surface area is 128 Å². The van der Waals surface area contributed by atoms with Gasteiger partial charge in [-0.25, -0.2) is 0 Å². The molecule has 0 saturated carbocycles. The summed E-state index contributed by atoms with van der Waals surface area (Å²) < 4.78 is 5.21. The quantitative estimate of drug-likeness (QED) is 0.798. The van der Waals surface area contributed by atoms with Gasteiger partial charge >= 0.3 is 0 Å². The van der Waals surface area contributed by atoms with Crippen molar-refractivity contribution in [3.05, 3.63) is 35.9 Å². The van der Waals surface area contributed by atoms with Gasteiger partial charge in [-0.1, -0.05) is 30.3 Å². The Morgan fingerprint density at radius 1 is 1.29 bits per heavy atom. The lowest BCUT2D eigenvalue weighted by Gasteiger charge is -2.36. The second-order valence-electron chi connectivity index (χ2n) is 5.90. The summed E-state index contributed by atoms with van der Waals surface area (Å²) in [5.41, 5.74) is 0.282. The molecule has 1 N–H and O–H groups in total. The summed E-state index contributed by atoms with van der Waals surface area (Å²) in [6.45, 7) is 7.48. The van der Waals surface area contributed by atoms with Gasteiger partial charge < -0.3 is 4.74 Å². The second-order valence-corrected chi connectivity index (χ2v) is 5.90. The Morgan fingerprint density at radius 3 is 2.38 bits per heavy atom. The van der Waals surface area contributed by atoms with Crippen molar-refractivity contribution in [3.63, 3.8) is 0 Å². The van der Waals surface area contributed by atoms with Crippen LogP contribution in [0.25, 0.3) is 0 Å². The number of nitrogens with zero attached hydrogens (tertiary/aromatic N) is 2. The number of nitriles is 1. The maximum atomic E-state index is 9.87. The molecular formula is C17H27N3O. The fraction of sp³-hybridized carbons (Fsp3) is 0.588. The van der Waals surface area contributed by atoms with E-state index in [-0.39, 0.29) is 12.1 Å². The van der Waals surface area contributed by atoms with Crippen molar-refractivity contribution in [2.24, 2.45) is 0 Å². The van der Waals surface area contributed by atoms with Gasteiger partial charge in [-0.05, 0) is 33.4 Å². The van der Waals surface area contributed by atoms with Crippen molar-refractivity contribution < 1.29 is 4.74 Å². The van der Waals surface area contributed by atoms with Gasteiger partial charge in [0.25, 0.3) is 0 Å². The summed E-state index contributed by atoms with van der Waals surface area (Å²) in [6, 6.07) is 12.9. The number of rotatable bonds is 8. The highest BCUT2D eigenvalue weighted by atomic mass is 16.5. The molecule has 0 aliphatic carbocycles. The van der Waals surface area contributed by atoms with Crippen LogP contribution < -0.4 is 5.32 Å². The fourth-order valence-electron chi connectivity index (χ4n) is 2.47. The molecule has 2 unspecified atom stereocenters. The summed E-state index contributed by atoms with van der Waals surface area (Å²) in [7, 11) is 3.73. The smallest absolute Gasteiger partial charge is 0.145 e. The lowest BCUT2D eigenvalue weighted by Crippen LogP contribution is -2.53. The van der Waals surface area contributed by atoms with Gasteiger partial charge in [0.1, 0.15) is 5.54 Å². The maximum absolute atomic E-state index is 9.87. The van der Waals surface area contributed by atoms with Gasteiger partial charge in [0.05, 0.1) is 12.7 Å². The van der Waals surface area contributed by atoms with E-state index in [2.05, 4.69) is 37.1 Å². The van der Waals surface area contributed by atoms with Gasteiger partial charge in [0.2, 0.25) is 0 Å². The first-order valence-electron chi connectivity index (χ1n) is 7.39. The van der Waals surface area contributed by atoms with Crippen molar-refractivity contribution in [2.75, 3.05) is 27.3 Å². The average molecular weight is 289 g/mol. The number of ether oxygens (including phenoxy) is 1. The van der Waals surface area contributed by atoms with Crippen LogP contribution >= 0.6 is 0 Å². The molecule has 0 heterocycles. The van der Waals surface area contributed by atoms with Gasteiger partial charge in [-0.2, -0.15) is 5.26 Å². The van der Waals surface area contributed by atoms with Crippen LogP contribution in [-0.4, -0.2) is 44.3 Å². The molecule has 0 aliphatic rings. The van der Waals surface area contributed by atoms with Gasteiger partial charge in [0.15, 0.2) is 0 Å². The molecule has 4 nitrogen and oxygen atoms in total. The molecule has 21 heavy (non-hydrogen) atoms. The van der Waals surface area contributed by atoms with Gasteiger partial charge in [-0.3, -0.25) is 10.2 Å². The zero-order chi connectivity index (χ0) is 15.9. The predicted molar refractivity (Wildman–Crippen MR) is 86.0 cm³/mol. The third kappa shape index (κ3) is 4.82. The molecule has 0 saturated heterocycles. The SMILES string of the molecule is COCC(C)N(C)CC(C#N)(NC(C)C)c1ccccc1. The van der Waals surface area contributed by atoms with E-state index >= 15 is 0 Å². The molecule has 0 spiro atoms.